The molecule has 0 amide bonds. The van der Waals surface area contributed by atoms with Gasteiger partial charge in [-0.1, -0.05) is 0 Å². The van der Waals surface area contributed by atoms with Crippen molar-refractivity contribution in [3.05, 3.63) is 0 Å². The van der Waals surface area contributed by atoms with Crippen LogP contribution >= 0.6 is 0 Å². The zero-order chi connectivity index (χ0) is 11.6. The zero-order valence-electron chi connectivity index (χ0n) is 9.68. The summed E-state index contributed by atoms with van der Waals surface area (Å²) in [4.78, 5) is 15.1. The molecule has 3 atom stereocenters. The quantitative estimate of drug-likeness (QED) is 0.647. The van der Waals surface area contributed by atoms with E-state index in [1.54, 1.807) is 0 Å². The van der Waals surface area contributed by atoms with E-state index in [0.29, 0.717) is 5.92 Å². The summed E-state index contributed by atoms with van der Waals surface area (Å²) in [7, 11) is 5.84. The van der Waals surface area contributed by atoms with Gasteiger partial charge in [0, 0.05) is 12.6 Å². The van der Waals surface area contributed by atoms with E-state index in [-0.39, 0.29) is 6.04 Å². The van der Waals surface area contributed by atoms with E-state index in [1.807, 2.05) is 19.0 Å². The van der Waals surface area contributed by atoms with Crippen LogP contribution in [0.5, 0.6) is 0 Å². The van der Waals surface area contributed by atoms with Gasteiger partial charge in [-0.25, -0.2) is 0 Å². The fourth-order valence-corrected chi connectivity index (χ4v) is 2.43. The number of likely N-dealkylation sites (tertiary alicyclic amines) is 1. The van der Waals surface area contributed by atoms with Crippen molar-refractivity contribution in [1.82, 2.24) is 9.80 Å². The lowest BCUT2D eigenvalue weighted by atomic mass is 9.92. The predicted octanol–water partition coefficient (Wildman–Crippen LogP) is -0.720. The lowest BCUT2D eigenvalue weighted by Gasteiger charge is -2.32. The molecule has 0 bridgehead atoms. The van der Waals surface area contributed by atoms with Crippen LogP contribution in [-0.4, -0.2) is 67.2 Å². The largest absolute Gasteiger partial charge is 0.480 e. The van der Waals surface area contributed by atoms with Crippen molar-refractivity contribution >= 4 is 5.97 Å². The van der Waals surface area contributed by atoms with Crippen LogP contribution < -0.4 is 5.73 Å². The molecule has 0 saturated carbocycles. The standard InChI is InChI=1S/C10H21N3O2/c1-12(2)9(8(11)10(14)15)7-4-5-13(3)6-7/h7-9H,4-6,11H2,1-3H3,(H,14,15). The second kappa shape index (κ2) is 4.92. The highest BCUT2D eigenvalue weighted by Crippen LogP contribution is 2.22. The molecule has 0 aromatic rings. The topological polar surface area (TPSA) is 69.8 Å². The van der Waals surface area contributed by atoms with Crippen molar-refractivity contribution in [1.29, 1.82) is 0 Å². The van der Waals surface area contributed by atoms with E-state index in [9.17, 15) is 4.79 Å². The number of carboxylic acids is 1. The van der Waals surface area contributed by atoms with Crippen molar-refractivity contribution < 1.29 is 9.90 Å². The summed E-state index contributed by atoms with van der Waals surface area (Å²) in [6.45, 7) is 1.96. The van der Waals surface area contributed by atoms with Gasteiger partial charge in [0.25, 0.3) is 0 Å². The molecule has 3 N–H and O–H groups in total. The molecule has 0 aromatic heterocycles. The normalized spacial score (nSPS) is 26.9. The first kappa shape index (κ1) is 12.4. The van der Waals surface area contributed by atoms with Crippen LogP contribution in [-0.2, 0) is 4.79 Å². The second-order valence-electron chi connectivity index (χ2n) is 4.63. The highest BCUT2D eigenvalue weighted by Gasteiger charge is 2.36. The van der Waals surface area contributed by atoms with E-state index >= 15 is 0 Å². The number of nitrogens with zero attached hydrogens (tertiary/aromatic N) is 2. The van der Waals surface area contributed by atoms with E-state index < -0.39 is 12.0 Å². The molecule has 15 heavy (non-hydrogen) atoms. The summed E-state index contributed by atoms with van der Waals surface area (Å²) >= 11 is 0. The first-order valence-electron chi connectivity index (χ1n) is 5.27. The van der Waals surface area contributed by atoms with Crippen LogP contribution in [0.2, 0.25) is 0 Å². The van der Waals surface area contributed by atoms with Gasteiger partial charge in [0.15, 0.2) is 0 Å². The highest BCUT2D eigenvalue weighted by molar-refractivity contribution is 5.74. The summed E-state index contributed by atoms with van der Waals surface area (Å²) in [5, 5.41) is 8.96. The van der Waals surface area contributed by atoms with Crippen LogP contribution in [0.15, 0.2) is 0 Å². The molecule has 1 aliphatic rings. The molecule has 88 valence electrons. The fourth-order valence-electron chi connectivity index (χ4n) is 2.43. The number of carboxylic acid groups (broad SMARTS) is 1. The Kier molecular flexibility index (Phi) is 4.07. The van der Waals surface area contributed by atoms with Gasteiger partial charge < -0.3 is 20.6 Å². The average molecular weight is 215 g/mol. The number of hydrogen-bond donors (Lipinski definition) is 2. The smallest absolute Gasteiger partial charge is 0.322 e. The highest BCUT2D eigenvalue weighted by atomic mass is 16.4. The molecule has 5 heteroatoms. The van der Waals surface area contributed by atoms with Gasteiger partial charge in [-0.15, -0.1) is 0 Å². The Balaban J connectivity index is 2.70. The molecule has 0 radical (unpaired) electrons. The Morgan fingerprint density at radius 3 is 2.53 bits per heavy atom. The molecule has 1 heterocycles. The Bertz CT molecular complexity index is 233. The Morgan fingerprint density at radius 1 is 1.60 bits per heavy atom. The minimum absolute atomic E-state index is 0.0764. The molecule has 1 saturated heterocycles. The van der Waals surface area contributed by atoms with E-state index in [1.165, 1.54) is 0 Å². The maximum atomic E-state index is 10.9. The van der Waals surface area contributed by atoms with Crippen LogP contribution in [0.3, 0.4) is 0 Å². The van der Waals surface area contributed by atoms with Gasteiger partial charge in [-0.3, -0.25) is 4.79 Å². The van der Waals surface area contributed by atoms with E-state index in [0.717, 1.165) is 19.5 Å². The average Bonchev–Trinajstić information content (AvgIpc) is 2.51. The second-order valence-corrected chi connectivity index (χ2v) is 4.63. The SMILES string of the molecule is CN1CCC(C(C(N)C(=O)O)N(C)C)C1. The summed E-state index contributed by atoms with van der Waals surface area (Å²) < 4.78 is 0. The molecule has 0 spiro atoms. The van der Waals surface area contributed by atoms with Gasteiger partial charge in [-0.2, -0.15) is 0 Å². The maximum absolute atomic E-state index is 10.9. The predicted molar refractivity (Wildman–Crippen MR) is 58.7 cm³/mol. The van der Waals surface area contributed by atoms with Crippen LogP contribution in [0.25, 0.3) is 0 Å². The van der Waals surface area contributed by atoms with Crippen molar-refractivity contribution in [3.63, 3.8) is 0 Å². The number of hydrogen-bond acceptors (Lipinski definition) is 4. The lowest BCUT2D eigenvalue weighted by Crippen LogP contribution is -2.53. The number of likely N-dealkylation sites (N-methyl/N-ethyl adjacent to an activating group) is 1. The molecule has 0 aromatic carbocycles. The van der Waals surface area contributed by atoms with Gasteiger partial charge in [0.1, 0.15) is 6.04 Å². The van der Waals surface area contributed by atoms with Crippen LogP contribution in [0.1, 0.15) is 6.42 Å². The summed E-state index contributed by atoms with van der Waals surface area (Å²) in [5.41, 5.74) is 5.73. The molecule has 3 unspecified atom stereocenters. The molecular weight excluding hydrogens is 194 g/mol. The maximum Gasteiger partial charge on any atom is 0.322 e. The Morgan fingerprint density at radius 2 is 2.20 bits per heavy atom. The monoisotopic (exact) mass is 215 g/mol. The molecule has 1 rings (SSSR count). The summed E-state index contributed by atoms with van der Waals surface area (Å²) in [6, 6.07) is -0.871. The van der Waals surface area contributed by atoms with Crippen molar-refractivity contribution in [2.45, 2.75) is 18.5 Å². The lowest BCUT2D eigenvalue weighted by molar-refractivity contribution is -0.140. The van der Waals surface area contributed by atoms with Crippen molar-refractivity contribution in [3.8, 4) is 0 Å². The minimum Gasteiger partial charge on any atom is -0.480 e. The first-order chi connectivity index (χ1) is 6.93. The van der Waals surface area contributed by atoms with E-state index in [4.69, 9.17) is 10.8 Å². The van der Waals surface area contributed by atoms with Crippen LogP contribution in [0.4, 0.5) is 0 Å². The van der Waals surface area contributed by atoms with Gasteiger partial charge in [-0.05, 0) is 40.0 Å². The van der Waals surface area contributed by atoms with Crippen molar-refractivity contribution in [2.24, 2.45) is 11.7 Å². The van der Waals surface area contributed by atoms with Gasteiger partial charge in [0.2, 0.25) is 0 Å². The summed E-state index contributed by atoms with van der Waals surface area (Å²) in [6.07, 6.45) is 1.03. The molecular formula is C10H21N3O2. The number of aliphatic carboxylic acids is 1. The summed E-state index contributed by atoms with van der Waals surface area (Å²) in [5.74, 6) is -0.556. The Labute approximate surface area is 90.8 Å². The zero-order valence-corrected chi connectivity index (χ0v) is 9.68. The minimum atomic E-state index is -0.914. The third-order valence-corrected chi connectivity index (χ3v) is 3.16. The van der Waals surface area contributed by atoms with Gasteiger partial charge >= 0.3 is 5.97 Å². The van der Waals surface area contributed by atoms with Crippen LogP contribution in [0, 0.1) is 5.92 Å². The molecule has 1 aliphatic heterocycles. The number of rotatable bonds is 4. The molecule has 0 aliphatic carbocycles. The molecule has 1 fully saturated rings. The van der Waals surface area contributed by atoms with Gasteiger partial charge in [0.05, 0.1) is 0 Å². The van der Waals surface area contributed by atoms with Crippen molar-refractivity contribution in [2.75, 3.05) is 34.2 Å². The fraction of sp³-hybridized carbons (Fsp3) is 0.900. The third-order valence-electron chi connectivity index (χ3n) is 3.16. The van der Waals surface area contributed by atoms with E-state index in [2.05, 4.69) is 11.9 Å². The first-order valence-corrected chi connectivity index (χ1v) is 5.27. The molecule has 5 nitrogen and oxygen atoms in total. The third kappa shape index (κ3) is 2.90. The Hall–Kier alpha value is -0.650. The number of nitrogens with two attached hydrogens (primary N) is 1. The number of carbonyl (C=O) groups is 1.